The van der Waals surface area contributed by atoms with Crippen LogP contribution in [0.15, 0.2) is 76.5 Å². The molecule has 174 valence electrons. The fourth-order valence-corrected chi connectivity index (χ4v) is 4.94. The van der Waals surface area contributed by atoms with E-state index in [1.165, 1.54) is 42.5 Å². The quantitative estimate of drug-likeness (QED) is 0.495. The average molecular weight is 507 g/mol. The number of anilines is 1. The second-order valence-corrected chi connectivity index (χ2v) is 11.8. The van der Waals surface area contributed by atoms with Gasteiger partial charge in [-0.3, -0.25) is 9.52 Å². The molecule has 0 bridgehead atoms. The van der Waals surface area contributed by atoms with E-state index in [-0.39, 0.29) is 26.1 Å². The van der Waals surface area contributed by atoms with Gasteiger partial charge in [-0.2, -0.15) is 0 Å². The summed E-state index contributed by atoms with van der Waals surface area (Å²) in [6.45, 7) is 3.60. The largest absolute Gasteiger partial charge is 0.345 e. The number of nitrogens with one attached hydrogen (secondary N) is 2. The van der Waals surface area contributed by atoms with Crippen LogP contribution in [-0.4, -0.2) is 29.0 Å². The van der Waals surface area contributed by atoms with Crippen LogP contribution in [0.5, 0.6) is 0 Å². The molecule has 3 aromatic carbocycles. The van der Waals surface area contributed by atoms with Gasteiger partial charge in [-0.15, -0.1) is 0 Å². The lowest BCUT2D eigenvalue weighted by Crippen LogP contribution is -2.27. The number of sulfonamides is 1. The summed E-state index contributed by atoms with van der Waals surface area (Å²) < 4.78 is 51.0. The summed E-state index contributed by atoms with van der Waals surface area (Å²) in [5, 5.41) is 2.95. The Hall–Kier alpha value is -2.88. The SMILES string of the molecule is Cc1ccc(S(=O)(=O)Nc2ccc(Cl)c(C(=O)N[C@H](C)c3ccc(S(C)(=O)=O)cc3)c2)cc1. The number of halogens is 1. The summed E-state index contributed by atoms with van der Waals surface area (Å²) in [7, 11) is -7.16. The lowest BCUT2D eigenvalue weighted by molar-refractivity contribution is 0.0940. The molecule has 3 aromatic rings. The number of carbonyl (C=O) groups is 1. The number of hydrogen-bond acceptors (Lipinski definition) is 5. The smallest absolute Gasteiger partial charge is 0.261 e. The molecule has 2 N–H and O–H groups in total. The van der Waals surface area contributed by atoms with Crippen LogP contribution in [0.3, 0.4) is 0 Å². The molecule has 0 saturated carbocycles. The molecule has 33 heavy (non-hydrogen) atoms. The third kappa shape index (κ3) is 6.13. The molecule has 10 heteroatoms. The number of aryl methyl sites for hydroxylation is 1. The summed E-state index contributed by atoms with van der Waals surface area (Å²) in [4.78, 5) is 13.1. The van der Waals surface area contributed by atoms with Gasteiger partial charge in [0.05, 0.1) is 26.4 Å². The second kappa shape index (κ2) is 9.54. The summed E-state index contributed by atoms with van der Waals surface area (Å²) in [5.41, 5.74) is 1.92. The van der Waals surface area contributed by atoms with Gasteiger partial charge in [0, 0.05) is 11.9 Å². The minimum absolute atomic E-state index is 0.0974. The minimum atomic E-state index is -3.84. The molecule has 0 aromatic heterocycles. The van der Waals surface area contributed by atoms with E-state index in [1.807, 2.05) is 6.92 Å². The first-order valence-corrected chi connectivity index (χ1v) is 13.6. The molecule has 3 rings (SSSR count). The number of amides is 1. The summed E-state index contributed by atoms with van der Waals surface area (Å²) >= 11 is 6.19. The normalized spacial score (nSPS) is 12.7. The molecule has 0 spiro atoms. The third-order valence-corrected chi connectivity index (χ3v) is 7.81. The first kappa shape index (κ1) is 24.8. The average Bonchev–Trinajstić information content (AvgIpc) is 2.74. The Kier molecular flexibility index (Phi) is 7.16. The fourth-order valence-electron chi connectivity index (χ4n) is 3.06. The topological polar surface area (TPSA) is 109 Å². The zero-order chi connectivity index (χ0) is 24.4. The van der Waals surface area contributed by atoms with Crippen LogP contribution in [0.1, 0.15) is 34.5 Å². The maximum Gasteiger partial charge on any atom is 0.261 e. The van der Waals surface area contributed by atoms with E-state index in [0.29, 0.717) is 5.56 Å². The number of carbonyl (C=O) groups excluding carboxylic acids is 1. The molecule has 0 heterocycles. The maximum absolute atomic E-state index is 12.8. The van der Waals surface area contributed by atoms with Crippen molar-refractivity contribution in [1.82, 2.24) is 5.32 Å². The molecule has 0 unspecified atom stereocenters. The van der Waals surface area contributed by atoms with Crippen molar-refractivity contribution in [3.05, 3.63) is 88.4 Å². The van der Waals surface area contributed by atoms with Gasteiger partial charge >= 0.3 is 0 Å². The maximum atomic E-state index is 12.8. The monoisotopic (exact) mass is 506 g/mol. The van der Waals surface area contributed by atoms with Crippen LogP contribution >= 0.6 is 11.6 Å². The van der Waals surface area contributed by atoms with Crippen molar-refractivity contribution in [3.63, 3.8) is 0 Å². The minimum Gasteiger partial charge on any atom is -0.345 e. The van der Waals surface area contributed by atoms with E-state index >= 15 is 0 Å². The van der Waals surface area contributed by atoms with Crippen molar-refractivity contribution >= 4 is 43.1 Å². The Balaban J connectivity index is 1.78. The summed E-state index contributed by atoms with van der Waals surface area (Å²) in [6, 6.07) is 16.4. The first-order chi connectivity index (χ1) is 15.4. The Morgan fingerprint density at radius 2 is 1.45 bits per heavy atom. The highest BCUT2D eigenvalue weighted by Crippen LogP contribution is 2.24. The van der Waals surface area contributed by atoms with Gasteiger partial charge in [0.25, 0.3) is 15.9 Å². The molecule has 7 nitrogen and oxygen atoms in total. The standard InChI is InChI=1S/C23H23ClN2O5S2/c1-15-4-9-20(10-5-15)33(30,31)26-18-8-13-22(24)21(14-18)23(27)25-16(2)17-6-11-19(12-7-17)32(3,28)29/h4-14,16,26H,1-3H3,(H,25,27)/t16-/m1/s1. The van der Waals surface area contributed by atoms with Crippen LogP contribution in [0.4, 0.5) is 5.69 Å². The predicted molar refractivity (Wildman–Crippen MR) is 129 cm³/mol. The van der Waals surface area contributed by atoms with Crippen molar-refractivity contribution < 1.29 is 21.6 Å². The van der Waals surface area contributed by atoms with Crippen LogP contribution in [0, 0.1) is 6.92 Å². The molecule has 0 saturated heterocycles. The highest BCUT2D eigenvalue weighted by Gasteiger charge is 2.19. The van der Waals surface area contributed by atoms with Gasteiger partial charge in [0.15, 0.2) is 9.84 Å². The van der Waals surface area contributed by atoms with E-state index in [1.54, 1.807) is 31.2 Å². The summed E-state index contributed by atoms with van der Waals surface area (Å²) in [5.74, 6) is -0.504. The summed E-state index contributed by atoms with van der Waals surface area (Å²) in [6.07, 6.45) is 1.12. The fraction of sp³-hybridized carbons (Fsp3) is 0.174. The molecule has 1 atom stereocenters. The van der Waals surface area contributed by atoms with Crippen LogP contribution in [-0.2, 0) is 19.9 Å². The van der Waals surface area contributed by atoms with Gasteiger partial charge in [0.2, 0.25) is 0 Å². The predicted octanol–water partition coefficient (Wildman–Crippen LogP) is 4.34. The van der Waals surface area contributed by atoms with Crippen molar-refractivity contribution in [2.75, 3.05) is 11.0 Å². The molecule has 0 aliphatic carbocycles. The molecular formula is C23H23ClN2O5S2. The number of rotatable bonds is 7. The van der Waals surface area contributed by atoms with Crippen LogP contribution in [0.25, 0.3) is 0 Å². The van der Waals surface area contributed by atoms with Gasteiger partial charge in [-0.05, 0) is 61.9 Å². The van der Waals surface area contributed by atoms with E-state index in [9.17, 15) is 21.6 Å². The van der Waals surface area contributed by atoms with E-state index in [2.05, 4.69) is 10.0 Å². The van der Waals surface area contributed by atoms with Gasteiger partial charge < -0.3 is 5.32 Å². The Morgan fingerprint density at radius 1 is 0.879 bits per heavy atom. The van der Waals surface area contributed by atoms with E-state index in [4.69, 9.17) is 11.6 Å². The van der Waals surface area contributed by atoms with E-state index < -0.39 is 31.8 Å². The molecule has 0 aliphatic rings. The van der Waals surface area contributed by atoms with Gasteiger partial charge in [-0.1, -0.05) is 41.4 Å². The second-order valence-electron chi connectivity index (χ2n) is 7.65. The lowest BCUT2D eigenvalue weighted by Gasteiger charge is -2.16. The first-order valence-electron chi connectivity index (χ1n) is 9.87. The highest BCUT2D eigenvalue weighted by atomic mass is 35.5. The van der Waals surface area contributed by atoms with Crippen LogP contribution in [0.2, 0.25) is 5.02 Å². The zero-order valence-corrected chi connectivity index (χ0v) is 20.6. The van der Waals surface area contributed by atoms with Crippen molar-refractivity contribution in [2.45, 2.75) is 29.7 Å². The number of benzene rings is 3. The number of sulfone groups is 1. The zero-order valence-electron chi connectivity index (χ0n) is 18.2. The van der Waals surface area contributed by atoms with E-state index in [0.717, 1.165) is 11.8 Å². The third-order valence-electron chi connectivity index (χ3n) is 4.95. The van der Waals surface area contributed by atoms with Crippen molar-refractivity contribution in [2.24, 2.45) is 0 Å². The van der Waals surface area contributed by atoms with Gasteiger partial charge in [0.1, 0.15) is 0 Å². The molecule has 0 aliphatic heterocycles. The Morgan fingerprint density at radius 3 is 2.03 bits per heavy atom. The highest BCUT2D eigenvalue weighted by molar-refractivity contribution is 7.92. The molecule has 1 amide bonds. The van der Waals surface area contributed by atoms with Crippen molar-refractivity contribution in [3.8, 4) is 0 Å². The lowest BCUT2D eigenvalue weighted by atomic mass is 10.1. The van der Waals surface area contributed by atoms with Crippen LogP contribution < -0.4 is 10.0 Å². The Labute approximate surface area is 198 Å². The van der Waals surface area contributed by atoms with Crippen molar-refractivity contribution in [1.29, 1.82) is 0 Å². The molecule has 0 fully saturated rings. The number of hydrogen-bond donors (Lipinski definition) is 2. The molecule has 0 radical (unpaired) electrons. The van der Waals surface area contributed by atoms with Gasteiger partial charge in [-0.25, -0.2) is 16.8 Å². The Bertz CT molecular complexity index is 1390. The molecular weight excluding hydrogens is 484 g/mol.